The molecule has 0 aliphatic heterocycles. The zero-order chi connectivity index (χ0) is 10.5. The summed E-state index contributed by atoms with van der Waals surface area (Å²) in [5, 5.41) is 7.86. The highest BCUT2D eigenvalue weighted by Crippen LogP contribution is 2.19. The molecule has 0 bridgehead atoms. The minimum atomic E-state index is 0.786. The summed E-state index contributed by atoms with van der Waals surface area (Å²) in [6, 6.07) is 0.786. The summed E-state index contributed by atoms with van der Waals surface area (Å²) < 4.78 is 2.07. The first-order chi connectivity index (χ1) is 7.38. The van der Waals surface area contributed by atoms with Crippen LogP contribution in [0.15, 0.2) is 12.4 Å². The van der Waals surface area contributed by atoms with Gasteiger partial charge in [0.2, 0.25) is 0 Å². The average Bonchev–Trinajstić information content (AvgIpc) is 2.97. The van der Waals surface area contributed by atoms with E-state index in [4.69, 9.17) is 0 Å². The summed E-state index contributed by atoms with van der Waals surface area (Å²) in [7, 11) is 0. The van der Waals surface area contributed by atoms with Gasteiger partial charge >= 0.3 is 0 Å². The van der Waals surface area contributed by atoms with Gasteiger partial charge in [-0.05, 0) is 19.3 Å². The molecule has 0 atom stereocenters. The Labute approximate surface area is 91.9 Å². The first-order valence-electron chi connectivity index (χ1n) is 6.13. The highest BCUT2D eigenvalue weighted by Gasteiger charge is 2.19. The molecular formula is C12H21N3. The molecule has 1 aliphatic carbocycles. The number of aromatic nitrogens is 2. The van der Waals surface area contributed by atoms with Gasteiger partial charge in [-0.2, -0.15) is 5.10 Å². The van der Waals surface area contributed by atoms with Crippen molar-refractivity contribution in [1.82, 2.24) is 15.1 Å². The lowest BCUT2D eigenvalue weighted by Gasteiger charge is -2.00. The maximum absolute atomic E-state index is 4.36. The summed E-state index contributed by atoms with van der Waals surface area (Å²) >= 11 is 0. The molecule has 15 heavy (non-hydrogen) atoms. The van der Waals surface area contributed by atoms with Crippen molar-refractivity contribution < 1.29 is 0 Å². The molecule has 0 amide bonds. The van der Waals surface area contributed by atoms with Gasteiger partial charge < -0.3 is 5.32 Å². The number of nitrogens with zero attached hydrogens (tertiary/aromatic N) is 2. The highest BCUT2D eigenvalue weighted by molar-refractivity contribution is 5.04. The van der Waals surface area contributed by atoms with E-state index in [9.17, 15) is 0 Å². The minimum absolute atomic E-state index is 0.786. The van der Waals surface area contributed by atoms with Crippen LogP contribution < -0.4 is 5.32 Å². The van der Waals surface area contributed by atoms with Crippen LogP contribution in [0.5, 0.6) is 0 Å². The first kappa shape index (κ1) is 10.7. The predicted molar refractivity (Wildman–Crippen MR) is 61.6 cm³/mol. The normalized spacial score (nSPS) is 15.8. The fourth-order valence-corrected chi connectivity index (χ4v) is 1.69. The van der Waals surface area contributed by atoms with Gasteiger partial charge in [0.15, 0.2) is 0 Å². The molecule has 1 fully saturated rings. The third kappa shape index (κ3) is 3.67. The lowest BCUT2D eigenvalue weighted by molar-refractivity contribution is 0.552. The Morgan fingerprint density at radius 2 is 2.33 bits per heavy atom. The third-order valence-electron chi connectivity index (χ3n) is 2.85. The molecule has 84 valence electrons. The maximum atomic E-state index is 4.36. The summed E-state index contributed by atoms with van der Waals surface area (Å²) in [4.78, 5) is 0. The number of hydrogen-bond donors (Lipinski definition) is 1. The Kier molecular flexibility index (Phi) is 3.78. The van der Waals surface area contributed by atoms with Gasteiger partial charge in [-0.25, -0.2) is 0 Å². The van der Waals surface area contributed by atoms with Gasteiger partial charge in [0, 0.05) is 30.9 Å². The molecule has 0 radical (unpaired) electrons. The standard InChI is InChI=1S/C12H21N3/c1-2-3-4-7-15-10-11(9-14-15)8-13-12-5-6-12/h9-10,12-13H,2-8H2,1H3. The van der Waals surface area contributed by atoms with Crippen LogP contribution in [-0.4, -0.2) is 15.8 Å². The van der Waals surface area contributed by atoms with Crippen LogP contribution in [0.25, 0.3) is 0 Å². The van der Waals surface area contributed by atoms with Crippen LogP contribution in [0.1, 0.15) is 44.6 Å². The van der Waals surface area contributed by atoms with E-state index in [0.717, 1.165) is 19.1 Å². The third-order valence-corrected chi connectivity index (χ3v) is 2.85. The van der Waals surface area contributed by atoms with E-state index in [-0.39, 0.29) is 0 Å². The first-order valence-corrected chi connectivity index (χ1v) is 6.13. The minimum Gasteiger partial charge on any atom is -0.310 e. The largest absolute Gasteiger partial charge is 0.310 e. The Balaban J connectivity index is 1.70. The van der Waals surface area contributed by atoms with Crippen LogP contribution in [0.2, 0.25) is 0 Å². The maximum Gasteiger partial charge on any atom is 0.0534 e. The lowest BCUT2D eigenvalue weighted by atomic mass is 10.2. The molecule has 1 aromatic heterocycles. The van der Waals surface area contributed by atoms with Crippen molar-refractivity contribution in [2.75, 3.05) is 0 Å². The van der Waals surface area contributed by atoms with Gasteiger partial charge in [0.1, 0.15) is 0 Å². The van der Waals surface area contributed by atoms with Crippen molar-refractivity contribution in [3.63, 3.8) is 0 Å². The van der Waals surface area contributed by atoms with Gasteiger partial charge in [-0.1, -0.05) is 19.8 Å². The molecule has 0 aromatic carbocycles. The second kappa shape index (κ2) is 5.31. The SMILES string of the molecule is CCCCCn1cc(CNC2CC2)cn1. The zero-order valence-electron chi connectivity index (χ0n) is 9.58. The summed E-state index contributed by atoms with van der Waals surface area (Å²) in [5.74, 6) is 0. The molecule has 1 heterocycles. The van der Waals surface area contributed by atoms with Crippen molar-refractivity contribution in [3.05, 3.63) is 18.0 Å². The van der Waals surface area contributed by atoms with E-state index in [1.54, 1.807) is 0 Å². The monoisotopic (exact) mass is 207 g/mol. The van der Waals surface area contributed by atoms with Crippen molar-refractivity contribution in [1.29, 1.82) is 0 Å². The molecule has 1 N–H and O–H groups in total. The Morgan fingerprint density at radius 1 is 1.47 bits per heavy atom. The molecule has 1 saturated carbocycles. The van der Waals surface area contributed by atoms with E-state index in [0.29, 0.717) is 0 Å². The number of aryl methyl sites for hydroxylation is 1. The van der Waals surface area contributed by atoms with Crippen LogP contribution in [0.3, 0.4) is 0 Å². The smallest absolute Gasteiger partial charge is 0.0534 e. The van der Waals surface area contributed by atoms with E-state index >= 15 is 0 Å². The molecule has 2 rings (SSSR count). The van der Waals surface area contributed by atoms with E-state index < -0.39 is 0 Å². The van der Waals surface area contributed by atoms with Gasteiger partial charge in [-0.3, -0.25) is 4.68 Å². The van der Waals surface area contributed by atoms with Gasteiger partial charge in [0.25, 0.3) is 0 Å². The molecule has 1 aromatic rings. The van der Waals surface area contributed by atoms with E-state index in [1.807, 2.05) is 6.20 Å². The van der Waals surface area contributed by atoms with Crippen molar-refractivity contribution in [3.8, 4) is 0 Å². The van der Waals surface area contributed by atoms with Crippen LogP contribution in [-0.2, 0) is 13.1 Å². The van der Waals surface area contributed by atoms with Gasteiger partial charge in [0.05, 0.1) is 6.20 Å². The highest BCUT2D eigenvalue weighted by atomic mass is 15.3. The quantitative estimate of drug-likeness (QED) is 0.695. The molecule has 0 saturated heterocycles. The Hall–Kier alpha value is -0.830. The second-order valence-corrected chi connectivity index (χ2v) is 4.47. The van der Waals surface area contributed by atoms with Crippen LogP contribution in [0.4, 0.5) is 0 Å². The van der Waals surface area contributed by atoms with Crippen molar-refractivity contribution in [2.24, 2.45) is 0 Å². The Morgan fingerprint density at radius 3 is 3.07 bits per heavy atom. The van der Waals surface area contributed by atoms with Crippen LogP contribution >= 0.6 is 0 Å². The van der Waals surface area contributed by atoms with E-state index in [2.05, 4.69) is 28.2 Å². The molecule has 1 aliphatic rings. The average molecular weight is 207 g/mol. The summed E-state index contributed by atoms with van der Waals surface area (Å²) in [6.45, 7) is 4.28. The van der Waals surface area contributed by atoms with E-state index in [1.165, 1.54) is 37.7 Å². The second-order valence-electron chi connectivity index (χ2n) is 4.47. The predicted octanol–water partition coefficient (Wildman–Crippen LogP) is 2.33. The number of hydrogen-bond acceptors (Lipinski definition) is 2. The summed E-state index contributed by atoms with van der Waals surface area (Å²) in [6.07, 6.45) is 10.7. The molecule has 3 heteroatoms. The molecule has 0 unspecified atom stereocenters. The fraction of sp³-hybridized carbons (Fsp3) is 0.750. The summed E-state index contributed by atoms with van der Waals surface area (Å²) in [5.41, 5.74) is 1.32. The number of rotatable bonds is 7. The van der Waals surface area contributed by atoms with Gasteiger partial charge in [-0.15, -0.1) is 0 Å². The van der Waals surface area contributed by atoms with Crippen molar-refractivity contribution >= 4 is 0 Å². The molecule has 0 spiro atoms. The van der Waals surface area contributed by atoms with Crippen molar-refractivity contribution in [2.45, 2.75) is 58.2 Å². The fourth-order valence-electron chi connectivity index (χ4n) is 1.69. The lowest BCUT2D eigenvalue weighted by Crippen LogP contribution is -2.14. The topological polar surface area (TPSA) is 29.9 Å². The number of nitrogens with one attached hydrogen (secondary N) is 1. The Bertz CT molecular complexity index is 289. The zero-order valence-corrected chi connectivity index (χ0v) is 9.58. The molecular weight excluding hydrogens is 186 g/mol. The molecule has 3 nitrogen and oxygen atoms in total. The van der Waals surface area contributed by atoms with Crippen LogP contribution in [0, 0.1) is 0 Å². The number of unbranched alkanes of at least 4 members (excludes halogenated alkanes) is 2.